The molecule has 0 N–H and O–H groups in total. The van der Waals surface area contributed by atoms with Gasteiger partial charge in [0.1, 0.15) is 12.3 Å². The number of amides is 1. The molecule has 0 unspecified atom stereocenters. The third-order valence-corrected chi connectivity index (χ3v) is 2.50. The highest BCUT2D eigenvalue weighted by molar-refractivity contribution is 5.98. The topological polar surface area (TPSA) is 68.7 Å². The van der Waals surface area contributed by atoms with Crippen LogP contribution in [0.1, 0.15) is 17.3 Å². The van der Waals surface area contributed by atoms with Gasteiger partial charge in [-0.2, -0.15) is 0 Å². The number of carbonyl (C=O) groups excluding carboxylic acids is 2. The summed E-state index contributed by atoms with van der Waals surface area (Å²) in [5.74, 6) is -0.441. The fraction of sp³-hybridized carbons (Fsp3) is 0.357. The van der Waals surface area contributed by atoms with E-state index in [0.717, 1.165) is 0 Å². The Bertz CT molecular complexity index is 488. The summed E-state index contributed by atoms with van der Waals surface area (Å²) >= 11 is 0. The Labute approximate surface area is 118 Å². The summed E-state index contributed by atoms with van der Waals surface area (Å²) in [6, 6.07) is 1.54. The van der Waals surface area contributed by atoms with E-state index in [1.165, 1.54) is 24.4 Å². The van der Waals surface area contributed by atoms with Crippen molar-refractivity contribution >= 4 is 11.9 Å². The van der Waals surface area contributed by atoms with Crippen LogP contribution in [0.4, 0.5) is 0 Å². The minimum Gasteiger partial charge on any atom is -0.494 e. The van der Waals surface area contributed by atoms with Crippen molar-refractivity contribution in [3.8, 4) is 5.75 Å². The summed E-state index contributed by atoms with van der Waals surface area (Å²) in [6.45, 7) is 5.67. The summed E-state index contributed by atoms with van der Waals surface area (Å²) in [6.07, 6.45) is 4.49. The van der Waals surface area contributed by atoms with Gasteiger partial charge in [-0.1, -0.05) is 6.08 Å². The molecule has 1 aromatic rings. The number of hydrogen-bond donors (Lipinski definition) is 0. The number of methoxy groups -OCH3 is 1. The van der Waals surface area contributed by atoms with Crippen molar-refractivity contribution in [1.82, 2.24) is 9.88 Å². The SMILES string of the molecule is C=CCN(CC(=O)OCC)C(=O)c1ccncc1OC. The van der Waals surface area contributed by atoms with Crippen LogP contribution in [0, 0.1) is 0 Å². The highest BCUT2D eigenvalue weighted by Crippen LogP contribution is 2.18. The zero-order chi connectivity index (χ0) is 15.0. The lowest BCUT2D eigenvalue weighted by atomic mass is 10.2. The van der Waals surface area contributed by atoms with Crippen LogP contribution >= 0.6 is 0 Å². The number of nitrogens with zero attached hydrogens (tertiary/aromatic N) is 2. The fourth-order valence-electron chi connectivity index (χ4n) is 1.63. The van der Waals surface area contributed by atoms with E-state index in [9.17, 15) is 9.59 Å². The Morgan fingerprint density at radius 1 is 1.50 bits per heavy atom. The average Bonchev–Trinajstić information content (AvgIpc) is 2.46. The van der Waals surface area contributed by atoms with Crippen LogP contribution < -0.4 is 4.74 Å². The molecule has 0 radical (unpaired) electrons. The normalized spacial score (nSPS) is 9.70. The highest BCUT2D eigenvalue weighted by atomic mass is 16.5. The molecule has 20 heavy (non-hydrogen) atoms. The van der Waals surface area contributed by atoms with Crippen LogP contribution in [-0.4, -0.2) is 48.6 Å². The number of ether oxygens (including phenoxy) is 2. The molecule has 0 bridgehead atoms. The molecule has 0 atom stereocenters. The number of rotatable bonds is 7. The van der Waals surface area contributed by atoms with Crippen molar-refractivity contribution in [1.29, 1.82) is 0 Å². The largest absolute Gasteiger partial charge is 0.494 e. The minimum atomic E-state index is -0.462. The molecule has 108 valence electrons. The zero-order valence-electron chi connectivity index (χ0n) is 11.7. The van der Waals surface area contributed by atoms with E-state index in [-0.39, 0.29) is 25.6 Å². The second kappa shape index (κ2) is 7.93. The molecule has 0 saturated carbocycles. The number of carbonyl (C=O) groups is 2. The smallest absolute Gasteiger partial charge is 0.325 e. The minimum absolute atomic E-state index is 0.135. The third kappa shape index (κ3) is 4.08. The Hall–Kier alpha value is -2.37. The molecular weight excluding hydrogens is 260 g/mol. The maximum Gasteiger partial charge on any atom is 0.325 e. The van der Waals surface area contributed by atoms with E-state index >= 15 is 0 Å². The Morgan fingerprint density at radius 2 is 2.25 bits per heavy atom. The molecule has 1 rings (SSSR count). The van der Waals surface area contributed by atoms with Gasteiger partial charge in [0.05, 0.1) is 25.5 Å². The van der Waals surface area contributed by atoms with Gasteiger partial charge in [-0.05, 0) is 13.0 Å². The first kappa shape index (κ1) is 15.7. The lowest BCUT2D eigenvalue weighted by molar-refractivity contribution is -0.143. The lowest BCUT2D eigenvalue weighted by Crippen LogP contribution is -2.36. The third-order valence-electron chi connectivity index (χ3n) is 2.50. The maximum atomic E-state index is 12.4. The Kier molecular flexibility index (Phi) is 6.22. The second-order valence-electron chi connectivity index (χ2n) is 3.86. The van der Waals surface area contributed by atoms with Crippen LogP contribution in [0.25, 0.3) is 0 Å². The molecular formula is C14H18N2O4. The van der Waals surface area contributed by atoms with Gasteiger partial charge in [0, 0.05) is 12.7 Å². The molecule has 0 spiro atoms. The van der Waals surface area contributed by atoms with Crippen molar-refractivity contribution in [2.24, 2.45) is 0 Å². The van der Waals surface area contributed by atoms with Gasteiger partial charge < -0.3 is 14.4 Å². The molecule has 1 amide bonds. The quantitative estimate of drug-likeness (QED) is 0.555. The molecule has 0 fully saturated rings. The van der Waals surface area contributed by atoms with Gasteiger partial charge in [-0.3, -0.25) is 14.6 Å². The predicted molar refractivity (Wildman–Crippen MR) is 73.5 cm³/mol. The maximum absolute atomic E-state index is 12.4. The number of esters is 1. The summed E-state index contributed by atoms with van der Waals surface area (Å²) in [5, 5.41) is 0. The first-order valence-electron chi connectivity index (χ1n) is 6.17. The number of hydrogen-bond acceptors (Lipinski definition) is 5. The van der Waals surface area contributed by atoms with Crippen molar-refractivity contribution in [2.75, 3.05) is 26.8 Å². The molecule has 6 heteroatoms. The molecule has 0 aliphatic heterocycles. The molecule has 0 saturated heterocycles. The summed E-state index contributed by atoms with van der Waals surface area (Å²) in [7, 11) is 1.46. The standard InChI is InChI=1S/C14H18N2O4/c1-4-8-16(10-13(17)20-5-2)14(18)11-6-7-15-9-12(11)19-3/h4,6-7,9H,1,5,8,10H2,2-3H3. The van der Waals surface area contributed by atoms with Gasteiger partial charge >= 0.3 is 5.97 Å². The van der Waals surface area contributed by atoms with E-state index in [1.54, 1.807) is 19.1 Å². The number of pyridine rings is 1. The van der Waals surface area contributed by atoms with Crippen molar-refractivity contribution in [3.63, 3.8) is 0 Å². The van der Waals surface area contributed by atoms with Gasteiger partial charge in [-0.25, -0.2) is 0 Å². The predicted octanol–water partition coefficient (Wildman–Crippen LogP) is 1.28. The van der Waals surface area contributed by atoms with Crippen molar-refractivity contribution < 1.29 is 19.1 Å². The van der Waals surface area contributed by atoms with Gasteiger partial charge in [0.15, 0.2) is 0 Å². The second-order valence-corrected chi connectivity index (χ2v) is 3.86. The molecule has 0 aliphatic rings. The van der Waals surface area contributed by atoms with Crippen molar-refractivity contribution in [2.45, 2.75) is 6.92 Å². The lowest BCUT2D eigenvalue weighted by Gasteiger charge is -2.20. The van der Waals surface area contributed by atoms with Crippen LogP contribution in [0.15, 0.2) is 31.1 Å². The Morgan fingerprint density at radius 3 is 2.85 bits per heavy atom. The van der Waals surface area contributed by atoms with Crippen LogP contribution in [-0.2, 0) is 9.53 Å². The van der Waals surface area contributed by atoms with Gasteiger partial charge in [0.25, 0.3) is 5.91 Å². The first-order chi connectivity index (χ1) is 9.63. The van der Waals surface area contributed by atoms with E-state index in [4.69, 9.17) is 9.47 Å². The van der Waals surface area contributed by atoms with E-state index in [1.807, 2.05) is 0 Å². The molecule has 0 aromatic carbocycles. The van der Waals surface area contributed by atoms with E-state index in [0.29, 0.717) is 11.3 Å². The molecule has 1 aromatic heterocycles. The first-order valence-corrected chi connectivity index (χ1v) is 6.17. The Balaban J connectivity index is 2.93. The van der Waals surface area contributed by atoms with E-state index in [2.05, 4.69) is 11.6 Å². The van der Waals surface area contributed by atoms with Crippen LogP contribution in [0.3, 0.4) is 0 Å². The van der Waals surface area contributed by atoms with Gasteiger partial charge in [0.2, 0.25) is 0 Å². The average molecular weight is 278 g/mol. The summed E-state index contributed by atoms with van der Waals surface area (Å²) < 4.78 is 9.95. The highest BCUT2D eigenvalue weighted by Gasteiger charge is 2.21. The van der Waals surface area contributed by atoms with Crippen molar-refractivity contribution in [3.05, 3.63) is 36.7 Å². The van der Waals surface area contributed by atoms with Gasteiger partial charge in [-0.15, -0.1) is 6.58 Å². The zero-order valence-corrected chi connectivity index (χ0v) is 11.7. The number of aromatic nitrogens is 1. The van der Waals surface area contributed by atoms with Crippen LogP contribution in [0.5, 0.6) is 5.75 Å². The summed E-state index contributed by atoms with van der Waals surface area (Å²) in [5.41, 5.74) is 0.341. The molecule has 6 nitrogen and oxygen atoms in total. The summed E-state index contributed by atoms with van der Waals surface area (Å²) in [4.78, 5) is 29.2. The fourth-order valence-corrected chi connectivity index (χ4v) is 1.63. The molecule has 0 aliphatic carbocycles. The van der Waals surface area contributed by atoms with E-state index < -0.39 is 5.97 Å². The van der Waals surface area contributed by atoms with Crippen LogP contribution in [0.2, 0.25) is 0 Å². The molecule has 1 heterocycles. The monoisotopic (exact) mass is 278 g/mol.